The molecule has 0 aliphatic carbocycles. The van der Waals surface area contributed by atoms with Gasteiger partial charge in [-0.3, -0.25) is 10.00 Å². The van der Waals surface area contributed by atoms with Gasteiger partial charge in [-0.15, -0.1) is 0 Å². The summed E-state index contributed by atoms with van der Waals surface area (Å²) in [6.45, 7) is 4.54. The highest BCUT2D eigenvalue weighted by molar-refractivity contribution is 5.80. The molecule has 1 aliphatic rings. The van der Waals surface area contributed by atoms with Crippen LogP contribution in [0.1, 0.15) is 30.1 Å². The van der Waals surface area contributed by atoms with Gasteiger partial charge in [-0.2, -0.15) is 10.2 Å². The van der Waals surface area contributed by atoms with Crippen molar-refractivity contribution in [1.29, 1.82) is 0 Å². The van der Waals surface area contributed by atoms with Gasteiger partial charge in [0.2, 0.25) is 5.88 Å². The van der Waals surface area contributed by atoms with Crippen LogP contribution in [0, 0.1) is 6.92 Å². The Bertz CT molecular complexity index is 1270. The Morgan fingerprint density at radius 3 is 2.67 bits per heavy atom. The number of nitrogens with one attached hydrogen (secondary N) is 1. The van der Waals surface area contributed by atoms with E-state index in [-0.39, 0.29) is 0 Å². The number of nitrogens with zero attached hydrogens (tertiary/aromatic N) is 6. The summed E-state index contributed by atoms with van der Waals surface area (Å²) in [4.78, 5) is 11.9. The number of H-pyrrole nitrogens is 1. The standard InChI is InChI=1S/C24H29N7O2/c1-16-17-7-5-6-8-19(17)27-22(26-16)15-31-11-9-24(33-4,10-12-31)21-13-20(28-29-21)18-14-25-30(2)23(18)32-3/h5-8,13-14H,9-12,15H2,1-4H3,(H,28,29). The number of methoxy groups -OCH3 is 2. The molecule has 9 nitrogen and oxygen atoms in total. The van der Waals surface area contributed by atoms with Crippen molar-refractivity contribution in [3.05, 3.63) is 53.7 Å². The number of ether oxygens (including phenoxy) is 2. The van der Waals surface area contributed by atoms with Crippen molar-refractivity contribution >= 4 is 10.9 Å². The molecule has 9 heteroatoms. The lowest BCUT2D eigenvalue weighted by molar-refractivity contribution is -0.0671. The van der Waals surface area contributed by atoms with Crippen LogP contribution in [0.2, 0.25) is 0 Å². The average molecular weight is 448 g/mol. The van der Waals surface area contributed by atoms with Crippen LogP contribution in [0.3, 0.4) is 0 Å². The lowest BCUT2D eigenvalue weighted by Crippen LogP contribution is -2.43. The number of piperidine rings is 1. The van der Waals surface area contributed by atoms with Gasteiger partial charge >= 0.3 is 0 Å². The molecule has 1 N–H and O–H groups in total. The second-order valence-corrected chi connectivity index (χ2v) is 8.57. The van der Waals surface area contributed by atoms with E-state index in [1.807, 2.05) is 32.2 Å². The van der Waals surface area contributed by atoms with Crippen molar-refractivity contribution in [2.45, 2.75) is 31.9 Å². The Morgan fingerprint density at radius 1 is 1.12 bits per heavy atom. The number of hydrogen-bond acceptors (Lipinski definition) is 7. The Morgan fingerprint density at radius 2 is 1.91 bits per heavy atom. The molecule has 4 aromatic rings. The van der Waals surface area contributed by atoms with Gasteiger partial charge < -0.3 is 9.47 Å². The van der Waals surface area contributed by atoms with Crippen LogP contribution in [0.5, 0.6) is 5.88 Å². The van der Waals surface area contributed by atoms with Crippen LogP contribution in [0.25, 0.3) is 22.2 Å². The lowest BCUT2D eigenvalue weighted by Gasteiger charge is -2.39. The third kappa shape index (κ3) is 3.87. The zero-order valence-corrected chi connectivity index (χ0v) is 19.5. The molecule has 0 amide bonds. The van der Waals surface area contributed by atoms with Crippen molar-refractivity contribution in [2.24, 2.45) is 7.05 Å². The first-order valence-electron chi connectivity index (χ1n) is 11.1. The minimum atomic E-state index is -0.405. The van der Waals surface area contributed by atoms with Crippen molar-refractivity contribution in [1.82, 2.24) is 34.8 Å². The number of rotatable bonds is 6. The molecule has 0 atom stereocenters. The quantitative estimate of drug-likeness (QED) is 0.485. The van der Waals surface area contributed by atoms with Crippen LogP contribution < -0.4 is 4.74 Å². The molecular formula is C24H29N7O2. The summed E-state index contributed by atoms with van der Waals surface area (Å²) in [5, 5.41) is 13.1. The maximum Gasteiger partial charge on any atom is 0.220 e. The Balaban J connectivity index is 1.31. The van der Waals surface area contributed by atoms with E-state index in [0.29, 0.717) is 5.88 Å². The van der Waals surface area contributed by atoms with Crippen LogP contribution in [-0.2, 0) is 23.9 Å². The van der Waals surface area contributed by atoms with E-state index in [1.165, 1.54) is 0 Å². The number of fused-ring (bicyclic) bond motifs is 1. The van der Waals surface area contributed by atoms with Crippen LogP contribution in [0.4, 0.5) is 0 Å². The van der Waals surface area contributed by atoms with Gasteiger partial charge in [0.25, 0.3) is 0 Å². The average Bonchev–Trinajstić information content (AvgIpc) is 3.46. The molecule has 0 bridgehead atoms. The third-order valence-corrected chi connectivity index (χ3v) is 6.68. The monoisotopic (exact) mass is 447 g/mol. The van der Waals surface area contributed by atoms with Gasteiger partial charge in [-0.1, -0.05) is 18.2 Å². The van der Waals surface area contributed by atoms with Crippen LogP contribution >= 0.6 is 0 Å². The first kappa shape index (κ1) is 21.5. The van der Waals surface area contributed by atoms with Gasteiger partial charge in [0.15, 0.2) is 0 Å². The van der Waals surface area contributed by atoms with E-state index in [9.17, 15) is 0 Å². The van der Waals surface area contributed by atoms with E-state index in [0.717, 1.165) is 71.8 Å². The van der Waals surface area contributed by atoms with Gasteiger partial charge in [-0.25, -0.2) is 14.6 Å². The van der Waals surface area contributed by atoms with Gasteiger partial charge in [-0.05, 0) is 31.9 Å². The summed E-state index contributed by atoms with van der Waals surface area (Å²) in [7, 11) is 5.26. The zero-order valence-electron chi connectivity index (χ0n) is 19.5. The molecule has 3 aromatic heterocycles. The number of hydrogen-bond donors (Lipinski definition) is 1. The predicted octanol–water partition coefficient (Wildman–Crippen LogP) is 3.21. The Kier molecular flexibility index (Phi) is 5.59. The van der Waals surface area contributed by atoms with Gasteiger partial charge in [0.05, 0.1) is 42.3 Å². The van der Waals surface area contributed by atoms with Crippen LogP contribution in [-0.4, -0.2) is 62.2 Å². The molecule has 1 fully saturated rings. The summed E-state index contributed by atoms with van der Waals surface area (Å²) < 4.78 is 13.2. The fraction of sp³-hybridized carbons (Fsp3) is 0.417. The summed E-state index contributed by atoms with van der Waals surface area (Å²) in [5.74, 6) is 1.55. The first-order valence-corrected chi connectivity index (χ1v) is 11.1. The second kappa shape index (κ2) is 8.57. The molecule has 1 aromatic carbocycles. The lowest BCUT2D eigenvalue weighted by atomic mass is 9.87. The first-order chi connectivity index (χ1) is 16.0. The molecule has 1 saturated heterocycles. The third-order valence-electron chi connectivity index (χ3n) is 6.68. The normalized spacial score (nSPS) is 16.4. The van der Waals surface area contributed by atoms with Crippen molar-refractivity contribution < 1.29 is 9.47 Å². The maximum atomic E-state index is 6.07. The zero-order chi connectivity index (χ0) is 23.0. The van der Waals surface area contributed by atoms with E-state index < -0.39 is 5.60 Å². The minimum Gasteiger partial charge on any atom is -0.481 e. The second-order valence-electron chi connectivity index (χ2n) is 8.57. The van der Waals surface area contributed by atoms with Gasteiger partial charge in [0.1, 0.15) is 11.4 Å². The molecule has 0 saturated carbocycles. The van der Waals surface area contributed by atoms with Crippen molar-refractivity contribution in [3.63, 3.8) is 0 Å². The van der Waals surface area contributed by atoms with E-state index in [1.54, 1.807) is 25.1 Å². The van der Waals surface area contributed by atoms with E-state index in [4.69, 9.17) is 19.4 Å². The highest BCUT2D eigenvalue weighted by atomic mass is 16.5. The number of aromatic amines is 1. The number of para-hydroxylation sites is 1. The molecule has 0 spiro atoms. The van der Waals surface area contributed by atoms with E-state index in [2.05, 4.69) is 32.3 Å². The molecule has 33 heavy (non-hydrogen) atoms. The maximum absolute atomic E-state index is 6.07. The molecular weight excluding hydrogens is 418 g/mol. The molecule has 4 heterocycles. The number of benzene rings is 1. The molecule has 1 aliphatic heterocycles. The van der Waals surface area contributed by atoms with E-state index >= 15 is 0 Å². The highest BCUT2D eigenvalue weighted by Crippen LogP contribution is 2.38. The fourth-order valence-corrected chi connectivity index (χ4v) is 4.76. The van der Waals surface area contributed by atoms with Crippen molar-refractivity contribution in [2.75, 3.05) is 27.3 Å². The Labute approximate surface area is 192 Å². The molecule has 172 valence electrons. The number of aryl methyl sites for hydroxylation is 2. The summed E-state index contributed by atoms with van der Waals surface area (Å²) >= 11 is 0. The molecule has 5 rings (SSSR count). The topological polar surface area (TPSA) is 94.0 Å². The smallest absolute Gasteiger partial charge is 0.220 e. The fourth-order valence-electron chi connectivity index (χ4n) is 4.76. The van der Waals surface area contributed by atoms with Gasteiger partial charge in [0, 0.05) is 38.3 Å². The summed E-state index contributed by atoms with van der Waals surface area (Å²) in [6, 6.07) is 10.2. The predicted molar refractivity (Wildman–Crippen MR) is 125 cm³/mol. The SMILES string of the molecule is COc1c(-c2cc(C3(OC)CCN(Cc4nc(C)c5ccccc5n4)CC3)[nH]n2)cnn1C. The molecule has 0 radical (unpaired) electrons. The number of likely N-dealkylation sites (tertiary alicyclic amines) is 1. The molecule has 0 unspecified atom stereocenters. The minimum absolute atomic E-state index is 0.405. The largest absolute Gasteiger partial charge is 0.481 e. The Hall–Kier alpha value is -3.30. The van der Waals surface area contributed by atoms with Crippen LogP contribution in [0.15, 0.2) is 36.5 Å². The summed E-state index contributed by atoms with van der Waals surface area (Å²) in [6.07, 6.45) is 3.47. The highest BCUT2D eigenvalue weighted by Gasteiger charge is 2.38. The number of aromatic nitrogens is 6. The summed E-state index contributed by atoms with van der Waals surface area (Å²) in [5.41, 5.74) is 4.25. The van der Waals surface area contributed by atoms with Crippen molar-refractivity contribution in [3.8, 4) is 17.1 Å².